The molecule has 3 unspecified atom stereocenters. The molecule has 0 radical (unpaired) electrons. The molecule has 9 heteroatoms. The van der Waals surface area contributed by atoms with Crippen LogP contribution in [0.5, 0.6) is 5.75 Å². The molecule has 1 aromatic heterocycles. The van der Waals surface area contributed by atoms with Crippen molar-refractivity contribution in [2.24, 2.45) is 5.92 Å². The highest BCUT2D eigenvalue weighted by Crippen LogP contribution is 2.46. The maximum Gasteiger partial charge on any atom is 0.511 e. The van der Waals surface area contributed by atoms with Crippen molar-refractivity contribution in [2.45, 2.75) is 32.4 Å². The molecule has 2 N–H and O–H groups in total. The number of fused-ring (bicyclic) bond motifs is 1. The summed E-state index contributed by atoms with van der Waals surface area (Å²) >= 11 is 6.66. The van der Waals surface area contributed by atoms with E-state index in [1.165, 1.54) is 6.20 Å². The first kappa shape index (κ1) is 19.0. The fraction of sp³-hybridized carbons (Fsp3) is 0.474. The van der Waals surface area contributed by atoms with Crippen LogP contribution in [0.3, 0.4) is 0 Å². The van der Waals surface area contributed by atoms with Crippen LogP contribution in [0.2, 0.25) is 5.02 Å². The second kappa shape index (κ2) is 6.93. The lowest BCUT2D eigenvalue weighted by Crippen LogP contribution is -2.49. The van der Waals surface area contributed by atoms with Crippen molar-refractivity contribution in [1.29, 1.82) is 0 Å². The molecular formula is C19H21ClFN3O4. The highest BCUT2D eigenvalue weighted by Gasteiger charge is 2.37. The highest BCUT2D eigenvalue weighted by atomic mass is 35.5. The zero-order chi connectivity index (χ0) is 20.2. The van der Waals surface area contributed by atoms with Gasteiger partial charge in [0.15, 0.2) is 5.75 Å². The predicted octanol–water partition coefficient (Wildman–Crippen LogP) is 3.23. The number of benzene rings is 1. The minimum absolute atomic E-state index is 0.0206. The average molecular weight is 410 g/mol. The zero-order valence-corrected chi connectivity index (χ0v) is 16.3. The number of carboxylic acid groups (broad SMARTS) is 1. The third-order valence-electron chi connectivity index (χ3n) is 5.46. The van der Waals surface area contributed by atoms with E-state index in [0.29, 0.717) is 31.1 Å². The number of rotatable bonds is 3. The molecular weight excluding hydrogens is 389 g/mol. The number of nitrogens with one attached hydrogen (secondary N) is 1. The minimum atomic E-state index is -1.59. The predicted molar refractivity (Wildman–Crippen MR) is 104 cm³/mol. The summed E-state index contributed by atoms with van der Waals surface area (Å²) in [5, 5.41) is 12.4. The van der Waals surface area contributed by atoms with Crippen molar-refractivity contribution in [3.8, 4) is 5.75 Å². The lowest BCUT2D eigenvalue weighted by atomic mass is 10.1. The molecule has 150 valence electrons. The Labute approximate surface area is 165 Å². The topological polar surface area (TPSA) is 83.8 Å². The van der Waals surface area contributed by atoms with Crippen molar-refractivity contribution in [3.63, 3.8) is 0 Å². The number of pyridine rings is 1. The van der Waals surface area contributed by atoms with Crippen LogP contribution in [-0.2, 0) is 0 Å². The van der Waals surface area contributed by atoms with E-state index in [9.17, 15) is 9.59 Å². The van der Waals surface area contributed by atoms with Gasteiger partial charge in [0, 0.05) is 31.7 Å². The van der Waals surface area contributed by atoms with Gasteiger partial charge < -0.3 is 24.6 Å². The van der Waals surface area contributed by atoms with Crippen LogP contribution < -0.4 is 20.4 Å². The number of carbonyl (C=O) groups is 1. The molecule has 1 aliphatic heterocycles. The molecule has 1 saturated heterocycles. The standard InChI is InChI=1S/C19H21ClFN3O4/c1-9-5-13(9)24-8-14(28-19(26)27)18(25)11-6-12(21)17(15(20)16(11)24)23-4-3-22-10(2)7-23/h6,8-10,13,22H,3-5,7H2,1-2H3,(H,26,27). The van der Waals surface area contributed by atoms with E-state index < -0.39 is 17.4 Å². The Morgan fingerprint density at radius 2 is 2.14 bits per heavy atom. The number of aromatic nitrogens is 1. The Morgan fingerprint density at radius 3 is 2.75 bits per heavy atom. The van der Waals surface area contributed by atoms with Gasteiger partial charge in [-0.15, -0.1) is 0 Å². The van der Waals surface area contributed by atoms with Crippen LogP contribution in [0.1, 0.15) is 26.3 Å². The zero-order valence-electron chi connectivity index (χ0n) is 15.5. The molecule has 4 rings (SSSR count). The Morgan fingerprint density at radius 1 is 1.43 bits per heavy atom. The lowest BCUT2D eigenvalue weighted by Gasteiger charge is -2.34. The van der Waals surface area contributed by atoms with Gasteiger partial charge in [0.2, 0.25) is 5.43 Å². The summed E-state index contributed by atoms with van der Waals surface area (Å²) in [6.45, 7) is 5.94. The van der Waals surface area contributed by atoms with Crippen LogP contribution in [0.25, 0.3) is 10.9 Å². The number of anilines is 1. The first-order chi connectivity index (χ1) is 13.3. The van der Waals surface area contributed by atoms with Crippen molar-refractivity contribution in [2.75, 3.05) is 24.5 Å². The van der Waals surface area contributed by atoms with Gasteiger partial charge in [-0.1, -0.05) is 18.5 Å². The van der Waals surface area contributed by atoms with E-state index in [1.807, 2.05) is 18.7 Å². The Bertz CT molecular complexity index is 1020. The second-order valence-electron chi connectivity index (χ2n) is 7.60. The van der Waals surface area contributed by atoms with Gasteiger partial charge >= 0.3 is 6.16 Å². The van der Waals surface area contributed by atoms with Gasteiger partial charge in [-0.05, 0) is 25.3 Å². The molecule has 1 aromatic carbocycles. The second-order valence-corrected chi connectivity index (χ2v) is 7.97. The van der Waals surface area contributed by atoms with E-state index in [0.717, 1.165) is 12.5 Å². The molecule has 2 aromatic rings. The quantitative estimate of drug-likeness (QED) is 0.757. The summed E-state index contributed by atoms with van der Waals surface area (Å²) in [6, 6.07) is 1.37. The highest BCUT2D eigenvalue weighted by molar-refractivity contribution is 6.38. The van der Waals surface area contributed by atoms with Crippen molar-refractivity contribution in [3.05, 3.63) is 33.3 Å². The summed E-state index contributed by atoms with van der Waals surface area (Å²) in [6.07, 6.45) is 0.642. The third-order valence-corrected chi connectivity index (χ3v) is 5.82. The van der Waals surface area contributed by atoms with E-state index in [-0.39, 0.29) is 33.9 Å². The third kappa shape index (κ3) is 3.20. The van der Waals surface area contributed by atoms with Crippen molar-refractivity contribution in [1.82, 2.24) is 9.88 Å². The molecule has 28 heavy (non-hydrogen) atoms. The summed E-state index contributed by atoms with van der Waals surface area (Å²) in [5.41, 5.74) is 0.000181. The Hall–Kier alpha value is -2.32. The normalized spacial score (nSPS) is 24.4. The molecule has 1 saturated carbocycles. The van der Waals surface area contributed by atoms with E-state index in [4.69, 9.17) is 16.7 Å². The number of hydrogen-bond donors (Lipinski definition) is 2. The maximum absolute atomic E-state index is 15.0. The molecule has 0 spiro atoms. The lowest BCUT2D eigenvalue weighted by molar-refractivity contribution is 0.143. The summed E-state index contributed by atoms with van der Waals surface area (Å²) < 4.78 is 21.4. The first-order valence-electron chi connectivity index (χ1n) is 9.24. The van der Waals surface area contributed by atoms with E-state index >= 15 is 4.39 Å². The summed E-state index contributed by atoms with van der Waals surface area (Å²) in [7, 11) is 0. The molecule has 7 nitrogen and oxygen atoms in total. The fourth-order valence-electron chi connectivity index (χ4n) is 3.95. The summed E-state index contributed by atoms with van der Waals surface area (Å²) in [5.74, 6) is -0.614. The number of halogens is 2. The minimum Gasteiger partial charge on any atom is -0.449 e. The molecule has 0 amide bonds. The first-order valence-corrected chi connectivity index (χ1v) is 9.61. The van der Waals surface area contributed by atoms with Crippen molar-refractivity contribution < 1.29 is 19.0 Å². The SMILES string of the molecule is CC1CN(c2c(F)cc3c(=O)c(OC(=O)O)cn(C4CC4C)c3c2Cl)CCN1. The monoisotopic (exact) mass is 409 g/mol. The van der Waals surface area contributed by atoms with Crippen molar-refractivity contribution >= 4 is 34.3 Å². The molecule has 2 heterocycles. The average Bonchev–Trinajstić information content (AvgIpc) is 3.34. The fourth-order valence-corrected chi connectivity index (χ4v) is 4.36. The smallest absolute Gasteiger partial charge is 0.449 e. The number of ether oxygens (including phenoxy) is 1. The van der Waals surface area contributed by atoms with Gasteiger partial charge in [-0.3, -0.25) is 4.79 Å². The Kier molecular flexibility index (Phi) is 4.71. The van der Waals surface area contributed by atoms with Gasteiger partial charge in [0.1, 0.15) is 5.82 Å². The van der Waals surface area contributed by atoms with Crippen LogP contribution in [-0.4, -0.2) is 41.5 Å². The van der Waals surface area contributed by atoms with Gasteiger partial charge in [0.05, 0.1) is 27.8 Å². The van der Waals surface area contributed by atoms with Crippen LogP contribution in [0.4, 0.5) is 14.9 Å². The van der Waals surface area contributed by atoms with E-state index in [2.05, 4.69) is 10.1 Å². The Balaban J connectivity index is 1.96. The summed E-state index contributed by atoms with van der Waals surface area (Å²) in [4.78, 5) is 25.6. The van der Waals surface area contributed by atoms with Gasteiger partial charge in [-0.2, -0.15) is 0 Å². The molecule has 1 aliphatic carbocycles. The van der Waals surface area contributed by atoms with E-state index in [1.54, 1.807) is 4.57 Å². The van der Waals surface area contributed by atoms with Crippen LogP contribution >= 0.6 is 11.6 Å². The van der Waals surface area contributed by atoms with Crippen LogP contribution in [0, 0.1) is 11.7 Å². The molecule has 0 bridgehead atoms. The molecule has 3 atom stereocenters. The largest absolute Gasteiger partial charge is 0.511 e. The number of nitrogens with zero attached hydrogens (tertiary/aromatic N) is 2. The molecule has 2 fully saturated rings. The van der Waals surface area contributed by atoms with Crippen LogP contribution in [0.15, 0.2) is 17.1 Å². The number of hydrogen-bond acceptors (Lipinski definition) is 5. The van der Waals surface area contributed by atoms with Gasteiger partial charge in [-0.25, -0.2) is 9.18 Å². The molecule has 2 aliphatic rings. The van der Waals surface area contributed by atoms with Gasteiger partial charge in [0.25, 0.3) is 0 Å². The number of piperazine rings is 1. The maximum atomic E-state index is 15.0.